The highest BCUT2D eigenvalue weighted by molar-refractivity contribution is 14.0. The third kappa shape index (κ3) is 6.60. The summed E-state index contributed by atoms with van der Waals surface area (Å²) in [6, 6.07) is 8.62. The molecule has 1 aliphatic heterocycles. The van der Waals surface area contributed by atoms with E-state index in [9.17, 15) is 0 Å². The first-order valence-electron chi connectivity index (χ1n) is 10.4. The van der Waals surface area contributed by atoms with Crippen LogP contribution < -0.4 is 10.1 Å². The van der Waals surface area contributed by atoms with Crippen LogP contribution >= 0.6 is 24.0 Å². The van der Waals surface area contributed by atoms with Gasteiger partial charge in [0.05, 0.1) is 12.4 Å². The first kappa shape index (κ1) is 24.5. The molecule has 2 unspecified atom stereocenters. The van der Waals surface area contributed by atoms with Crippen molar-refractivity contribution in [3.8, 4) is 5.75 Å². The number of imidazole rings is 1. The molecular weight excluding hydrogens is 491 g/mol. The van der Waals surface area contributed by atoms with Crippen LogP contribution in [0.4, 0.5) is 0 Å². The van der Waals surface area contributed by atoms with Crippen LogP contribution in [0.25, 0.3) is 0 Å². The molecule has 1 saturated heterocycles. The Balaban J connectivity index is 0.00000320. The van der Waals surface area contributed by atoms with Crippen LogP contribution in [0.1, 0.15) is 24.9 Å². The summed E-state index contributed by atoms with van der Waals surface area (Å²) in [5.41, 5.74) is 1.14. The van der Waals surface area contributed by atoms with E-state index in [-0.39, 0.29) is 24.0 Å². The molecule has 1 aromatic carbocycles. The number of likely N-dealkylation sites (tertiary alicyclic amines) is 1. The summed E-state index contributed by atoms with van der Waals surface area (Å²) >= 11 is 0. The van der Waals surface area contributed by atoms with E-state index in [2.05, 4.69) is 69.0 Å². The molecule has 0 bridgehead atoms. The van der Waals surface area contributed by atoms with Crippen LogP contribution in [0.15, 0.2) is 48.0 Å². The Morgan fingerprint density at radius 3 is 2.83 bits per heavy atom. The lowest BCUT2D eigenvalue weighted by molar-refractivity contribution is 0.189. The summed E-state index contributed by atoms with van der Waals surface area (Å²) in [5.74, 6) is 2.48. The van der Waals surface area contributed by atoms with Gasteiger partial charge in [-0.2, -0.15) is 0 Å². The van der Waals surface area contributed by atoms with Crippen molar-refractivity contribution in [2.45, 2.75) is 25.9 Å². The van der Waals surface area contributed by atoms with Crippen molar-refractivity contribution in [1.29, 1.82) is 0 Å². The fourth-order valence-corrected chi connectivity index (χ4v) is 3.73. The van der Waals surface area contributed by atoms with Gasteiger partial charge in [-0.1, -0.05) is 25.1 Å². The molecule has 0 amide bonds. The number of aliphatic imine (C=N–C) groups is 1. The Hall–Kier alpha value is -1.81. The number of halogens is 1. The molecule has 0 spiro atoms. The number of para-hydroxylation sites is 1. The predicted octanol–water partition coefficient (Wildman–Crippen LogP) is 3.10. The summed E-state index contributed by atoms with van der Waals surface area (Å²) in [6.07, 6.45) is 6.96. The first-order valence-corrected chi connectivity index (χ1v) is 10.4. The molecule has 2 heterocycles. The van der Waals surface area contributed by atoms with Gasteiger partial charge in [0.1, 0.15) is 12.4 Å². The number of rotatable bonds is 7. The number of aromatic nitrogens is 2. The van der Waals surface area contributed by atoms with Gasteiger partial charge in [-0.3, -0.25) is 4.99 Å². The minimum atomic E-state index is 0. The average Bonchev–Trinajstić information content (AvgIpc) is 3.25. The van der Waals surface area contributed by atoms with Crippen LogP contribution in [0.5, 0.6) is 5.75 Å². The number of nitrogens with one attached hydrogen (secondary N) is 1. The number of guanidine groups is 1. The van der Waals surface area contributed by atoms with E-state index in [0.29, 0.717) is 25.1 Å². The zero-order chi connectivity index (χ0) is 20.6. The number of hydrogen-bond acceptors (Lipinski definition) is 4. The molecule has 7 nitrogen and oxygen atoms in total. The molecule has 3 rings (SSSR count). The van der Waals surface area contributed by atoms with Crippen molar-refractivity contribution in [2.24, 2.45) is 10.9 Å². The second kappa shape index (κ2) is 12.1. The number of benzene rings is 1. The monoisotopic (exact) mass is 526 g/mol. The maximum atomic E-state index is 5.99. The van der Waals surface area contributed by atoms with Crippen molar-refractivity contribution in [1.82, 2.24) is 24.7 Å². The maximum Gasteiger partial charge on any atom is 0.193 e. The molecule has 2 aromatic rings. The molecular formula is C22H35IN6O. The molecule has 1 aromatic heterocycles. The van der Waals surface area contributed by atoms with E-state index in [1.54, 1.807) is 0 Å². The lowest BCUT2D eigenvalue weighted by atomic mass is 9.93. The highest BCUT2D eigenvalue weighted by Crippen LogP contribution is 2.27. The Morgan fingerprint density at radius 1 is 1.33 bits per heavy atom. The molecule has 0 radical (unpaired) electrons. The van der Waals surface area contributed by atoms with Crippen molar-refractivity contribution in [2.75, 3.05) is 47.4 Å². The summed E-state index contributed by atoms with van der Waals surface area (Å²) in [4.78, 5) is 13.2. The van der Waals surface area contributed by atoms with E-state index < -0.39 is 0 Å². The molecule has 8 heteroatoms. The lowest BCUT2D eigenvalue weighted by Gasteiger charge is -2.39. The van der Waals surface area contributed by atoms with Crippen LogP contribution in [-0.2, 0) is 6.54 Å². The van der Waals surface area contributed by atoms with Crippen molar-refractivity contribution in [3.63, 3.8) is 0 Å². The van der Waals surface area contributed by atoms with E-state index in [4.69, 9.17) is 4.74 Å². The molecule has 1 aliphatic rings. The summed E-state index contributed by atoms with van der Waals surface area (Å²) in [7, 11) is 5.96. The third-order valence-corrected chi connectivity index (χ3v) is 5.54. The topological polar surface area (TPSA) is 57.9 Å². The summed E-state index contributed by atoms with van der Waals surface area (Å²) < 4.78 is 8.21. The molecule has 30 heavy (non-hydrogen) atoms. The van der Waals surface area contributed by atoms with Crippen molar-refractivity contribution >= 4 is 29.9 Å². The molecule has 166 valence electrons. The van der Waals surface area contributed by atoms with Gasteiger partial charge in [0.25, 0.3) is 0 Å². The number of piperidine rings is 1. The molecule has 0 saturated carbocycles. The quantitative estimate of drug-likeness (QED) is 0.342. The lowest BCUT2D eigenvalue weighted by Crippen LogP contribution is -2.48. The Morgan fingerprint density at radius 2 is 2.13 bits per heavy atom. The number of nitrogens with zero attached hydrogens (tertiary/aromatic N) is 5. The molecule has 1 N–H and O–H groups in total. The SMILES string of the molecule is CN=C(NCc1ccccc1OCCN(C)C)N1CCC(C)C(n2ccnc2)C1.I. The molecule has 1 fully saturated rings. The van der Waals surface area contributed by atoms with Gasteiger partial charge < -0.3 is 24.4 Å². The van der Waals surface area contributed by atoms with E-state index in [1.807, 2.05) is 31.7 Å². The summed E-state index contributed by atoms with van der Waals surface area (Å²) in [5, 5.41) is 3.54. The third-order valence-electron chi connectivity index (χ3n) is 5.54. The van der Waals surface area contributed by atoms with Crippen molar-refractivity contribution < 1.29 is 4.74 Å². The highest BCUT2D eigenvalue weighted by Gasteiger charge is 2.28. The van der Waals surface area contributed by atoms with E-state index in [0.717, 1.165) is 43.3 Å². The fraction of sp³-hybridized carbons (Fsp3) is 0.545. The fourth-order valence-electron chi connectivity index (χ4n) is 3.73. The highest BCUT2D eigenvalue weighted by atomic mass is 127. The first-order chi connectivity index (χ1) is 14.1. The minimum Gasteiger partial charge on any atom is -0.492 e. The van der Waals surface area contributed by atoms with Gasteiger partial charge in [0, 0.05) is 51.2 Å². The minimum absolute atomic E-state index is 0. The van der Waals surface area contributed by atoms with Crippen LogP contribution in [0.3, 0.4) is 0 Å². The van der Waals surface area contributed by atoms with Gasteiger partial charge in [0.2, 0.25) is 0 Å². The van der Waals surface area contributed by atoms with Gasteiger partial charge >= 0.3 is 0 Å². The largest absolute Gasteiger partial charge is 0.492 e. The van der Waals surface area contributed by atoms with Crippen LogP contribution in [-0.4, -0.2) is 72.7 Å². The summed E-state index contributed by atoms with van der Waals surface area (Å²) in [6.45, 7) is 6.51. The van der Waals surface area contributed by atoms with Crippen LogP contribution in [0, 0.1) is 5.92 Å². The van der Waals surface area contributed by atoms with Gasteiger partial charge in [-0.15, -0.1) is 24.0 Å². The zero-order valence-corrected chi connectivity index (χ0v) is 20.8. The Labute approximate surface area is 197 Å². The van der Waals surface area contributed by atoms with Gasteiger partial charge in [-0.05, 0) is 32.5 Å². The van der Waals surface area contributed by atoms with Crippen molar-refractivity contribution in [3.05, 3.63) is 48.5 Å². The predicted molar refractivity (Wildman–Crippen MR) is 133 cm³/mol. The van der Waals surface area contributed by atoms with Gasteiger partial charge in [0.15, 0.2) is 5.96 Å². The average molecular weight is 526 g/mol. The van der Waals surface area contributed by atoms with Crippen LogP contribution in [0.2, 0.25) is 0 Å². The molecule has 0 aliphatic carbocycles. The standard InChI is InChI=1S/C22H34N6O.HI/c1-18-9-11-27(16-20(18)28-12-10-24-17-28)22(23-2)25-15-19-7-5-6-8-21(19)29-14-13-26(3)4;/h5-8,10,12,17-18,20H,9,11,13-16H2,1-4H3,(H,23,25);1H. The number of likely N-dealkylation sites (N-methyl/N-ethyl adjacent to an activating group) is 1. The second-order valence-electron chi connectivity index (χ2n) is 7.95. The maximum absolute atomic E-state index is 5.99. The normalized spacial score (nSPS) is 19.5. The smallest absolute Gasteiger partial charge is 0.193 e. The van der Waals surface area contributed by atoms with Gasteiger partial charge in [-0.25, -0.2) is 4.98 Å². The number of hydrogen-bond donors (Lipinski definition) is 1. The second-order valence-corrected chi connectivity index (χ2v) is 7.95. The Kier molecular flexibility index (Phi) is 9.90. The zero-order valence-electron chi connectivity index (χ0n) is 18.5. The Bertz CT molecular complexity index is 780. The number of ether oxygens (including phenoxy) is 1. The van der Waals surface area contributed by atoms with E-state index >= 15 is 0 Å². The molecule has 2 atom stereocenters. The van der Waals surface area contributed by atoms with E-state index in [1.165, 1.54) is 0 Å².